The van der Waals surface area contributed by atoms with Crippen LogP contribution in [0.1, 0.15) is 20.3 Å². The molecule has 0 aliphatic heterocycles. The molecule has 7 nitrogen and oxygen atoms in total. The standard InChI is InChI=1S/C10H14N6OS3/c1-3-6(19-8-11-5-12-14-8)7(17)13-9-15-16-10(20-9)18-4-2/h5-6H,3-4H2,1-2H3,(H,11,12,14)(H,13,15,17). The summed E-state index contributed by atoms with van der Waals surface area (Å²) in [5.41, 5.74) is 0. The normalized spacial score (nSPS) is 12.3. The van der Waals surface area contributed by atoms with Crippen LogP contribution in [-0.2, 0) is 4.79 Å². The van der Waals surface area contributed by atoms with Crippen LogP contribution in [0.5, 0.6) is 0 Å². The van der Waals surface area contributed by atoms with Gasteiger partial charge in [0.05, 0.1) is 5.25 Å². The molecule has 0 aromatic carbocycles. The molecule has 0 aliphatic carbocycles. The van der Waals surface area contributed by atoms with E-state index in [1.54, 1.807) is 11.8 Å². The first-order valence-corrected chi connectivity index (χ1v) is 8.70. The van der Waals surface area contributed by atoms with Crippen molar-refractivity contribution in [1.82, 2.24) is 25.4 Å². The molecule has 0 saturated heterocycles. The Morgan fingerprint density at radius 2 is 2.35 bits per heavy atom. The Bertz CT molecular complexity index is 543. The van der Waals surface area contributed by atoms with E-state index in [1.807, 2.05) is 13.8 Å². The van der Waals surface area contributed by atoms with E-state index < -0.39 is 0 Å². The zero-order chi connectivity index (χ0) is 14.4. The van der Waals surface area contributed by atoms with E-state index in [-0.39, 0.29) is 11.2 Å². The number of thioether (sulfide) groups is 2. The Morgan fingerprint density at radius 1 is 1.50 bits per heavy atom. The Morgan fingerprint density at radius 3 is 3.00 bits per heavy atom. The molecular formula is C10H14N6OS3. The van der Waals surface area contributed by atoms with Crippen molar-refractivity contribution in [3.8, 4) is 0 Å². The lowest BCUT2D eigenvalue weighted by Gasteiger charge is -2.10. The van der Waals surface area contributed by atoms with Crippen LogP contribution in [-0.4, -0.2) is 42.3 Å². The van der Waals surface area contributed by atoms with Gasteiger partial charge in [-0.15, -0.1) is 10.2 Å². The van der Waals surface area contributed by atoms with Crippen molar-refractivity contribution in [2.45, 2.75) is 35.0 Å². The molecule has 0 aliphatic rings. The molecule has 1 atom stereocenters. The summed E-state index contributed by atoms with van der Waals surface area (Å²) in [5, 5.41) is 18.2. The largest absolute Gasteiger partial charge is 0.300 e. The van der Waals surface area contributed by atoms with E-state index in [1.165, 1.54) is 29.4 Å². The van der Waals surface area contributed by atoms with Gasteiger partial charge in [0.1, 0.15) is 6.33 Å². The van der Waals surface area contributed by atoms with Crippen molar-refractivity contribution in [2.24, 2.45) is 0 Å². The maximum Gasteiger partial charge on any atom is 0.239 e. The van der Waals surface area contributed by atoms with Gasteiger partial charge in [-0.1, -0.05) is 48.7 Å². The van der Waals surface area contributed by atoms with E-state index in [0.717, 1.165) is 10.1 Å². The predicted molar refractivity (Wildman–Crippen MR) is 81.3 cm³/mol. The van der Waals surface area contributed by atoms with Crippen molar-refractivity contribution in [1.29, 1.82) is 0 Å². The summed E-state index contributed by atoms with van der Waals surface area (Å²) in [5.74, 6) is 0.833. The number of hydrogen-bond acceptors (Lipinski definition) is 8. The van der Waals surface area contributed by atoms with Crippen LogP contribution in [0.4, 0.5) is 5.13 Å². The van der Waals surface area contributed by atoms with E-state index in [0.29, 0.717) is 16.7 Å². The van der Waals surface area contributed by atoms with Crippen molar-refractivity contribution in [3.63, 3.8) is 0 Å². The molecule has 0 radical (unpaired) electrons. The van der Waals surface area contributed by atoms with Crippen molar-refractivity contribution in [3.05, 3.63) is 6.33 Å². The molecule has 108 valence electrons. The van der Waals surface area contributed by atoms with Crippen LogP contribution in [0.25, 0.3) is 0 Å². The number of rotatable bonds is 7. The van der Waals surface area contributed by atoms with E-state index in [2.05, 4.69) is 30.7 Å². The summed E-state index contributed by atoms with van der Waals surface area (Å²) in [7, 11) is 0. The molecule has 2 heterocycles. The van der Waals surface area contributed by atoms with Gasteiger partial charge in [-0.2, -0.15) is 5.10 Å². The minimum Gasteiger partial charge on any atom is -0.300 e. The molecular weight excluding hydrogens is 316 g/mol. The zero-order valence-electron chi connectivity index (χ0n) is 11.0. The maximum absolute atomic E-state index is 12.2. The summed E-state index contributed by atoms with van der Waals surface area (Å²) in [6.07, 6.45) is 2.11. The lowest BCUT2D eigenvalue weighted by molar-refractivity contribution is -0.115. The highest BCUT2D eigenvalue weighted by atomic mass is 32.2. The SMILES string of the molecule is CCSc1nnc(NC(=O)C(CC)Sc2ncn[nH]2)s1. The number of nitrogens with zero attached hydrogens (tertiary/aromatic N) is 4. The fourth-order valence-electron chi connectivity index (χ4n) is 1.34. The van der Waals surface area contributed by atoms with Gasteiger partial charge in [0, 0.05) is 0 Å². The molecule has 0 spiro atoms. The van der Waals surface area contributed by atoms with Gasteiger partial charge in [0.15, 0.2) is 9.50 Å². The van der Waals surface area contributed by atoms with Gasteiger partial charge in [-0.05, 0) is 12.2 Å². The van der Waals surface area contributed by atoms with E-state index in [4.69, 9.17) is 0 Å². The molecule has 0 saturated carbocycles. The number of aromatic nitrogens is 5. The molecule has 20 heavy (non-hydrogen) atoms. The van der Waals surface area contributed by atoms with Gasteiger partial charge in [-0.25, -0.2) is 4.98 Å². The highest BCUT2D eigenvalue weighted by Gasteiger charge is 2.20. The Kier molecular flexibility index (Phi) is 5.80. The van der Waals surface area contributed by atoms with E-state index >= 15 is 0 Å². The van der Waals surface area contributed by atoms with Crippen molar-refractivity contribution >= 4 is 45.9 Å². The third kappa shape index (κ3) is 4.18. The lowest BCUT2D eigenvalue weighted by atomic mass is 10.3. The fourth-order valence-corrected chi connectivity index (χ4v) is 3.80. The van der Waals surface area contributed by atoms with Crippen molar-refractivity contribution in [2.75, 3.05) is 11.1 Å². The second kappa shape index (κ2) is 7.60. The Hall–Kier alpha value is -1.13. The van der Waals surface area contributed by atoms with Gasteiger partial charge < -0.3 is 0 Å². The molecule has 10 heteroatoms. The first kappa shape index (κ1) is 15.3. The summed E-state index contributed by atoms with van der Waals surface area (Å²) in [6.45, 7) is 4.00. The highest BCUT2D eigenvalue weighted by molar-refractivity contribution is 8.01. The number of carbonyl (C=O) groups is 1. The number of amides is 1. The number of hydrogen-bond donors (Lipinski definition) is 2. The number of aromatic amines is 1. The molecule has 2 N–H and O–H groups in total. The molecule has 1 unspecified atom stereocenters. The first-order chi connectivity index (χ1) is 9.72. The van der Waals surface area contributed by atoms with Crippen LogP contribution in [0.3, 0.4) is 0 Å². The molecule has 1 amide bonds. The molecule has 0 bridgehead atoms. The average molecular weight is 330 g/mol. The topological polar surface area (TPSA) is 96.5 Å². The van der Waals surface area contributed by atoms with Crippen LogP contribution in [0, 0.1) is 0 Å². The summed E-state index contributed by atoms with van der Waals surface area (Å²) in [6, 6.07) is 0. The smallest absolute Gasteiger partial charge is 0.239 e. The summed E-state index contributed by atoms with van der Waals surface area (Å²) >= 11 is 4.34. The number of H-pyrrole nitrogens is 1. The molecule has 2 aromatic rings. The number of nitrogens with one attached hydrogen (secondary N) is 2. The van der Waals surface area contributed by atoms with Gasteiger partial charge in [0.25, 0.3) is 0 Å². The molecule has 0 fully saturated rings. The van der Waals surface area contributed by atoms with Gasteiger partial charge in [0.2, 0.25) is 11.0 Å². The monoisotopic (exact) mass is 330 g/mol. The van der Waals surface area contributed by atoms with Crippen LogP contribution in [0.15, 0.2) is 15.8 Å². The Labute approximate surface area is 128 Å². The quantitative estimate of drug-likeness (QED) is 0.594. The third-order valence-corrected chi connectivity index (χ3v) is 5.32. The van der Waals surface area contributed by atoms with Crippen LogP contribution < -0.4 is 5.32 Å². The molecule has 2 aromatic heterocycles. The predicted octanol–water partition coefficient (Wildman–Crippen LogP) is 2.28. The Balaban J connectivity index is 1.94. The second-order valence-electron chi connectivity index (χ2n) is 3.60. The number of anilines is 1. The van der Waals surface area contributed by atoms with Crippen LogP contribution >= 0.6 is 34.9 Å². The summed E-state index contributed by atoms with van der Waals surface area (Å²) < 4.78 is 0.860. The lowest BCUT2D eigenvalue weighted by Crippen LogP contribution is -2.24. The van der Waals surface area contributed by atoms with Crippen LogP contribution in [0.2, 0.25) is 0 Å². The first-order valence-electron chi connectivity index (χ1n) is 6.02. The van der Waals surface area contributed by atoms with Crippen molar-refractivity contribution < 1.29 is 4.79 Å². The fraction of sp³-hybridized carbons (Fsp3) is 0.500. The minimum atomic E-state index is -0.242. The third-order valence-electron chi connectivity index (χ3n) is 2.21. The summed E-state index contributed by atoms with van der Waals surface area (Å²) in [4.78, 5) is 16.2. The molecule has 2 rings (SSSR count). The zero-order valence-corrected chi connectivity index (χ0v) is 13.4. The average Bonchev–Trinajstić information content (AvgIpc) is 3.08. The minimum absolute atomic E-state index is 0.0990. The van der Waals surface area contributed by atoms with Gasteiger partial charge >= 0.3 is 0 Å². The second-order valence-corrected chi connectivity index (χ2v) is 7.28. The number of carbonyl (C=O) groups excluding carboxylic acids is 1. The van der Waals surface area contributed by atoms with E-state index in [9.17, 15) is 4.79 Å². The highest BCUT2D eigenvalue weighted by Crippen LogP contribution is 2.27. The van der Waals surface area contributed by atoms with Gasteiger partial charge in [-0.3, -0.25) is 15.2 Å². The maximum atomic E-state index is 12.2.